The molecule has 1 aromatic carbocycles. The molecule has 3 aromatic rings. The van der Waals surface area contributed by atoms with E-state index in [0.717, 1.165) is 5.69 Å². The van der Waals surface area contributed by atoms with Crippen LogP contribution in [0.15, 0.2) is 40.5 Å². The van der Waals surface area contributed by atoms with Crippen LogP contribution in [0.1, 0.15) is 11.4 Å². The van der Waals surface area contributed by atoms with E-state index in [4.69, 9.17) is 4.74 Å². The number of aryl methyl sites for hydroxylation is 1. The van der Waals surface area contributed by atoms with E-state index in [9.17, 15) is 14.9 Å². The van der Waals surface area contributed by atoms with Crippen LogP contribution in [0.25, 0.3) is 4.96 Å². The molecule has 0 fully saturated rings. The molecule has 0 aliphatic heterocycles. The van der Waals surface area contributed by atoms with Gasteiger partial charge in [-0.05, 0) is 19.1 Å². The van der Waals surface area contributed by atoms with Crippen LogP contribution in [0.2, 0.25) is 0 Å². The summed E-state index contributed by atoms with van der Waals surface area (Å²) in [6, 6.07) is 7.18. The Morgan fingerprint density at radius 3 is 2.77 bits per heavy atom. The number of nitro benzene ring substituents is 1. The molecular weight excluding hydrogens is 306 g/mol. The van der Waals surface area contributed by atoms with E-state index >= 15 is 0 Å². The molecule has 0 bridgehead atoms. The van der Waals surface area contributed by atoms with Gasteiger partial charge in [-0.25, -0.2) is 4.98 Å². The number of rotatable bonds is 4. The molecule has 0 saturated carbocycles. The molecule has 2 heterocycles. The number of ether oxygens (including phenoxy) is 1. The third-order valence-corrected chi connectivity index (χ3v) is 4.01. The molecule has 0 spiro atoms. The van der Waals surface area contributed by atoms with E-state index in [0.29, 0.717) is 16.4 Å². The third kappa shape index (κ3) is 2.68. The number of thiazole rings is 1. The van der Waals surface area contributed by atoms with Gasteiger partial charge in [-0.15, -0.1) is 11.3 Å². The Bertz CT molecular complexity index is 899. The zero-order valence-electron chi connectivity index (χ0n) is 11.6. The van der Waals surface area contributed by atoms with Crippen LogP contribution in [-0.4, -0.2) is 14.3 Å². The van der Waals surface area contributed by atoms with Crippen molar-refractivity contribution in [3.8, 4) is 5.75 Å². The van der Waals surface area contributed by atoms with Crippen molar-refractivity contribution in [1.82, 2.24) is 9.38 Å². The van der Waals surface area contributed by atoms with Gasteiger partial charge in [0.1, 0.15) is 12.4 Å². The molecule has 7 nitrogen and oxygen atoms in total. The van der Waals surface area contributed by atoms with Gasteiger partial charge in [-0.2, -0.15) is 0 Å². The van der Waals surface area contributed by atoms with Crippen molar-refractivity contribution in [1.29, 1.82) is 0 Å². The number of fused-ring (bicyclic) bond motifs is 1. The Morgan fingerprint density at radius 2 is 2.09 bits per heavy atom. The topological polar surface area (TPSA) is 86.7 Å². The Kier molecular flexibility index (Phi) is 3.60. The highest BCUT2D eigenvalue weighted by atomic mass is 32.1. The van der Waals surface area contributed by atoms with E-state index in [2.05, 4.69) is 4.98 Å². The van der Waals surface area contributed by atoms with Gasteiger partial charge in [0.15, 0.2) is 4.96 Å². The average molecular weight is 317 g/mol. The number of benzene rings is 1. The largest absolute Gasteiger partial charge is 0.487 e. The van der Waals surface area contributed by atoms with E-state index in [1.54, 1.807) is 4.40 Å². The smallest absolute Gasteiger partial charge is 0.269 e. The predicted octanol–water partition coefficient (Wildman–Crippen LogP) is 2.55. The molecule has 0 radical (unpaired) electrons. The minimum atomic E-state index is -0.473. The van der Waals surface area contributed by atoms with Gasteiger partial charge in [0.2, 0.25) is 0 Å². The lowest BCUT2D eigenvalue weighted by Crippen LogP contribution is -2.15. The molecule has 0 saturated heterocycles. The fraction of sp³-hybridized carbons (Fsp3) is 0.143. The Hall–Kier alpha value is -2.74. The van der Waals surface area contributed by atoms with Gasteiger partial charge in [0.25, 0.3) is 11.2 Å². The van der Waals surface area contributed by atoms with Crippen molar-refractivity contribution in [3.05, 3.63) is 67.6 Å². The second-order valence-electron chi connectivity index (χ2n) is 4.62. The number of hydrogen-bond acceptors (Lipinski definition) is 6. The van der Waals surface area contributed by atoms with Crippen molar-refractivity contribution in [2.45, 2.75) is 13.5 Å². The van der Waals surface area contributed by atoms with Gasteiger partial charge in [-0.3, -0.25) is 19.3 Å². The fourth-order valence-electron chi connectivity index (χ4n) is 2.00. The zero-order chi connectivity index (χ0) is 15.7. The number of hydrogen-bond donors (Lipinski definition) is 0. The molecule has 2 aromatic heterocycles. The van der Waals surface area contributed by atoms with Crippen molar-refractivity contribution in [2.24, 2.45) is 0 Å². The van der Waals surface area contributed by atoms with Crippen LogP contribution in [0.5, 0.6) is 5.75 Å². The summed E-state index contributed by atoms with van der Waals surface area (Å²) < 4.78 is 7.05. The SMILES string of the molecule is Cc1csc2nc(COc3ccc([N+](=O)[O-])cc3)cc(=O)n12. The van der Waals surface area contributed by atoms with Crippen LogP contribution in [0.3, 0.4) is 0 Å². The maximum atomic E-state index is 12.0. The summed E-state index contributed by atoms with van der Waals surface area (Å²) in [5.74, 6) is 0.481. The Balaban J connectivity index is 1.79. The highest BCUT2D eigenvalue weighted by molar-refractivity contribution is 7.15. The number of aromatic nitrogens is 2. The summed E-state index contributed by atoms with van der Waals surface area (Å²) in [7, 11) is 0. The molecule has 0 amide bonds. The van der Waals surface area contributed by atoms with E-state index in [1.807, 2.05) is 12.3 Å². The maximum Gasteiger partial charge on any atom is 0.269 e. The predicted molar refractivity (Wildman–Crippen MR) is 81.5 cm³/mol. The standard InChI is InChI=1S/C14H11N3O4S/c1-9-8-22-14-15-10(6-13(18)16(9)14)7-21-12-4-2-11(3-5-12)17(19)20/h2-6,8H,7H2,1H3. The minimum absolute atomic E-state index is 0.000741. The quantitative estimate of drug-likeness (QED) is 0.545. The molecule has 0 atom stereocenters. The lowest BCUT2D eigenvalue weighted by molar-refractivity contribution is -0.384. The lowest BCUT2D eigenvalue weighted by atomic mass is 10.3. The highest BCUT2D eigenvalue weighted by Gasteiger charge is 2.08. The van der Waals surface area contributed by atoms with Gasteiger partial charge in [0.05, 0.1) is 10.6 Å². The fourth-order valence-corrected chi connectivity index (χ4v) is 2.89. The monoisotopic (exact) mass is 317 g/mol. The van der Waals surface area contributed by atoms with Crippen molar-refractivity contribution in [2.75, 3.05) is 0 Å². The first-order valence-corrected chi connectivity index (χ1v) is 7.26. The summed E-state index contributed by atoms with van der Waals surface area (Å²) in [6.45, 7) is 1.97. The molecular formula is C14H11N3O4S. The summed E-state index contributed by atoms with van der Waals surface area (Å²) in [5, 5.41) is 12.4. The van der Waals surface area contributed by atoms with Gasteiger partial charge >= 0.3 is 0 Å². The molecule has 8 heteroatoms. The summed E-state index contributed by atoms with van der Waals surface area (Å²) in [6.07, 6.45) is 0. The lowest BCUT2D eigenvalue weighted by Gasteiger charge is -2.05. The second-order valence-corrected chi connectivity index (χ2v) is 5.46. The highest BCUT2D eigenvalue weighted by Crippen LogP contribution is 2.18. The Morgan fingerprint density at radius 1 is 1.36 bits per heavy atom. The number of nitrogens with zero attached hydrogens (tertiary/aromatic N) is 3. The van der Waals surface area contributed by atoms with E-state index < -0.39 is 4.92 Å². The molecule has 112 valence electrons. The summed E-state index contributed by atoms with van der Waals surface area (Å²) in [5.41, 5.74) is 1.22. The van der Waals surface area contributed by atoms with Crippen molar-refractivity contribution >= 4 is 22.0 Å². The molecule has 0 aliphatic carbocycles. The van der Waals surface area contributed by atoms with Gasteiger partial charge in [-0.1, -0.05) is 0 Å². The van der Waals surface area contributed by atoms with Crippen LogP contribution in [0, 0.1) is 17.0 Å². The van der Waals surface area contributed by atoms with Crippen LogP contribution in [-0.2, 0) is 6.61 Å². The number of nitro groups is 1. The molecule has 3 rings (SSSR count). The molecule has 0 N–H and O–H groups in total. The van der Waals surface area contributed by atoms with Crippen LogP contribution >= 0.6 is 11.3 Å². The first kappa shape index (κ1) is 14.2. The first-order valence-electron chi connectivity index (χ1n) is 6.38. The molecule has 22 heavy (non-hydrogen) atoms. The maximum absolute atomic E-state index is 12.0. The normalized spacial score (nSPS) is 10.8. The average Bonchev–Trinajstić information content (AvgIpc) is 2.87. The van der Waals surface area contributed by atoms with Crippen molar-refractivity contribution in [3.63, 3.8) is 0 Å². The second kappa shape index (κ2) is 5.57. The minimum Gasteiger partial charge on any atom is -0.487 e. The number of non-ortho nitro benzene ring substituents is 1. The first-order chi connectivity index (χ1) is 10.5. The van der Waals surface area contributed by atoms with E-state index in [-0.39, 0.29) is 17.9 Å². The summed E-state index contributed by atoms with van der Waals surface area (Å²) in [4.78, 5) is 27.1. The van der Waals surface area contributed by atoms with Crippen LogP contribution < -0.4 is 10.3 Å². The van der Waals surface area contributed by atoms with Gasteiger partial charge < -0.3 is 4.74 Å². The molecule has 0 unspecified atom stereocenters. The third-order valence-electron chi connectivity index (χ3n) is 3.06. The van der Waals surface area contributed by atoms with Crippen LogP contribution in [0.4, 0.5) is 5.69 Å². The van der Waals surface area contributed by atoms with Gasteiger partial charge in [0, 0.05) is 29.3 Å². The Labute approximate surface area is 128 Å². The summed E-state index contributed by atoms with van der Waals surface area (Å²) >= 11 is 1.39. The molecule has 0 aliphatic rings. The van der Waals surface area contributed by atoms with Crippen molar-refractivity contribution < 1.29 is 9.66 Å². The zero-order valence-corrected chi connectivity index (χ0v) is 12.4. The van der Waals surface area contributed by atoms with E-state index in [1.165, 1.54) is 41.7 Å².